The fraction of sp³-hybridized carbons (Fsp3) is 0.200. The summed E-state index contributed by atoms with van der Waals surface area (Å²) in [6.07, 6.45) is 2.60. The number of aliphatic carboxylic acids is 1. The van der Waals surface area contributed by atoms with Gasteiger partial charge < -0.3 is 14.4 Å². The highest BCUT2D eigenvalue weighted by atomic mass is 16.5. The third-order valence-corrected chi connectivity index (χ3v) is 2.62. The van der Waals surface area contributed by atoms with Crippen LogP contribution < -0.4 is 4.74 Å². The molecule has 0 aliphatic heterocycles. The quantitative estimate of drug-likeness (QED) is 0.848. The number of aromatic nitrogens is 1. The summed E-state index contributed by atoms with van der Waals surface area (Å²) in [5, 5.41) is 12.5. The Kier molecular flexibility index (Phi) is 4.20. The predicted octanol–water partition coefficient (Wildman–Crippen LogP) is 2.97. The SMILES string of the molecule is Cc1ccc(OCc2cc(C)on2)c(C=CC(=O)O)c1. The number of hydrogen-bond donors (Lipinski definition) is 1. The van der Waals surface area contributed by atoms with Crippen LogP contribution in [0, 0.1) is 13.8 Å². The van der Waals surface area contributed by atoms with Crippen molar-refractivity contribution in [3.8, 4) is 5.75 Å². The predicted molar refractivity (Wildman–Crippen MR) is 73.4 cm³/mol. The lowest BCUT2D eigenvalue weighted by molar-refractivity contribution is -0.131. The number of carbonyl (C=O) groups is 1. The normalized spacial score (nSPS) is 10.9. The molecular formula is C15H15NO4. The molecule has 1 aromatic carbocycles. The van der Waals surface area contributed by atoms with E-state index < -0.39 is 5.97 Å². The van der Waals surface area contributed by atoms with E-state index in [2.05, 4.69) is 5.16 Å². The maximum atomic E-state index is 10.6. The van der Waals surface area contributed by atoms with E-state index in [0.29, 0.717) is 17.0 Å². The van der Waals surface area contributed by atoms with Crippen LogP contribution >= 0.6 is 0 Å². The Labute approximate surface area is 116 Å². The Morgan fingerprint density at radius 1 is 1.40 bits per heavy atom. The minimum Gasteiger partial charge on any atom is -0.487 e. The van der Waals surface area contributed by atoms with Crippen molar-refractivity contribution < 1.29 is 19.2 Å². The van der Waals surface area contributed by atoms with Crippen molar-refractivity contribution in [1.29, 1.82) is 0 Å². The minimum atomic E-state index is -0.996. The molecule has 0 bridgehead atoms. The topological polar surface area (TPSA) is 72.6 Å². The largest absolute Gasteiger partial charge is 0.487 e. The van der Waals surface area contributed by atoms with Gasteiger partial charge in [0.2, 0.25) is 0 Å². The highest BCUT2D eigenvalue weighted by Gasteiger charge is 2.05. The second kappa shape index (κ2) is 6.06. The van der Waals surface area contributed by atoms with Gasteiger partial charge in [-0.3, -0.25) is 0 Å². The van der Waals surface area contributed by atoms with Crippen molar-refractivity contribution in [3.05, 3.63) is 52.9 Å². The van der Waals surface area contributed by atoms with Gasteiger partial charge in [-0.2, -0.15) is 0 Å². The molecule has 0 fully saturated rings. The van der Waals surface area contributed by atoms with Crippen molar-refractivity contribution in [2.24, 2.45) is 0 Å². The Balaban J connectivity index is 2.15. The van der Waals surface area contributed by atoms with Crippen LogP contribution in [0.4, 0.5) is 0 Å². The number of hydrogen-bond acceptors (Lipinski definition) is 4. The molecule has 5 nitrogen and oxygen atoms in total. The van der Waals surface area contributed by atoms with E-state index in [4.69, 9.17) is 14.4 Å². The molecule has 0 amide bonds. The van der Waals surface area contributed by atoms with E-state index in [1.807, 2.05) is 32.0 Å². The van der Waals surface area contributed by atoms with E-state index in [0.717, 1.165) is 17.4 Å². The van der Waals surface area contributed by atoms with Gasteiger partial charge in [0.1, 0.15) is 23.8 Å². The molecule has 1 heterocycles. The molecule has 0 spiro atoms. The van der Waals surface area contributed by atoms with E-state index in [-0.39, 0.29) is 6.61 Å². The number of aryl methyl sites for hydroxylation is 2. The number of nitrogens with zero attached hydrogens (tertiary/aromatic N) is 1. The molecule has 104 valence electrons. The first kappa shape index (κ1) is 13.9. The van der Waals surface area contributed by atoms with Gasteiger partial charge in [-0.15, -0.1) is 0 Å². The molecular weight excluding hydrogens is 258 g/mol. The van der Waals surface area contributed by atoms with Gasteiger partial charge in [-0.1, -0.05) is 16.8 Å². The van der Waals surface area contributed by atoms with Crippen LogP contribution in [0.25, 0.3) is 6.08 Å². The highest BCUT2D eigenvalue weighted by Crippen LogP contribution is 2.22. The first-order valence-electron chi connectivity index (χ1n) is 6.11. The van der Waals surface area contributed by atoms with Crippen molar-refractivity contribution in [1.82, 2.24) is 5.16 Å². The molecule has 2 aromatic rings. The highest BCUT2D eigenvalue weighted by molar-refractivity contribution is 5.85. The number of rotatable bonds is 5. The molecule has 0 aliphatic rings. The third-order valence-electron chi connectivity index (χ3n) is 2.62. The van der Waals surface area contributed by atoms with Crippen LogP contribution in [0.1, 0.15) is 22.6 Å². The first-order chi connectivity index (χ1) is 9.54. The molecule has 5 heteroatoms. The van der Waals surface area contributed by atoms with Crippen LogP contribution in [0.15, 0.2) is 34.9 Å². The van der Waals surface area contributed by atoms with Crippen LogP contribution in [0.2, 0.25) is 0 Å². The standard InChI is InChI=1S/C15H15NO4/c1-10-3-5-14(12(7-10)4-6-15(17)18)19-9-13-8-11(2)20-16-13/h3-8H,9H2,1-2H3,(H,17,18). The molecule has 0 saturated heterocycles. The van der Waals surface area contributed by atoms with Gasteiger partial charge >= 0.3 is 5.97 Å². The maximum Gasteiger partial charge on any atom is 0.328 e. The maximum absolute atomic E-state index is 10.6. The summed E-state index contributed by atoms with van der Waals surface area (Å²) in [6.45, 7) is 4.01. The second-order valence-electron chi connectivity index (χ2n) is 4.43. The summed E-state index contributed by atoms with van der Waals surface area (Å²) in [4.78, 5) is 10.6. The number of benzene rings is 1. The molecule has 2 rings (SSSR count). The fourth-order valence-electron chi connectivity index (χ4n) is 1.73. The smallest absolute Gasteiger partial charge is 0.328 e. The lowest BCUT2D eigenvalue weighted by Gasteiger charge is -2.08. The second-order valence-corrected chi connectivity index (χ2v) is 4.43. The summed E-state index contributed by atoms with van der Waals surface area (Å²) in [5.41, 5.74) is 2.43. The van der Waals surface area contributed by atoms with Gasteiger partial charge in [0, 0.05) is 17.7 Å². The van der Waals surface area contributed by atoms with Crippen LogP contribution in [-0.2, 0) is 11.4 Å². The van der Waals surface area contributed by atoms with Crippen molar-refractivity contribution in [2.75, 3.05) is 0 Å². The van der Waals surface area contributed by atoms with Crippen LogP contribution in [0.3, 0.4) is 0 Å². The van der Waals surface area contributed by atoms with Gasteiger partial charge in [-0.05, 0) is 32.1 Å². The minimum absolute atomic E-state index is 0.272. The van der Waals surface area contributed by atoms with Crippen molar-refractivity contribution >= 4 is 12.0 Å². The molecule has 1 aromatic heterocycles. The average molecular weight is 273 g/mol. The van der Waals surface area contributed by atoms with E-state index in [1.54, 1.807) is 6.07 Å². The lowest BCUT2D eigenvalue weighted by atomic mass is 10.1. The van der Waals surface area contributed by atoms with Gasteiger partial charge in [0.25, 0.3) is 0 Å². The zero-order valence-corrected chi connectivity index (χ0v) is 11.3. The number of ether oxygens (including phenoxy) is 1. The average Bonchev–Trinajstić information content (AvgIpc) is 2.81. The fourth-order valence-corrected chi connectivity index (χ4v) is 1.73. The summed E-state index contributed by atoms with van der Waals surface area (Å²) >= 11 is 0. The summed E-state index contributed by atoms with van der Waals surface area (Å²) in [5.74, 6) is 0.330. The Morgan fingerprint density at radius 2 is 2.20 bits per heavy atom. The van der Waals surface area contributed by atoms with E-state index in [9.17, 15) is 4.79 Å². The number of carboxylic acid groups (broad SMARTS) is 1. The van der Waals surface area contributed by atoms with Gasteiger partial charge in [0.05, 0.1) is 0 Å². The zero-order valence-electron chi connectivity index (χ0n) is 11.3. The van der Waals surface area contributed by atoms with Gasteiger partial charge in [0.15, 0.2) is 0 Å². The molecule has 0 unspecified atom stereocenters. The first-order valence-corrected chi connectivity index (χ1v) is 6.11. The molecule has 1 N–H and O–H groups in total. The van der Waals surface area contributed by atoms with Crippen LogP contribution in [-0.4, -0.2) is 16.2 Å². The van der Waals surface area contributed by atoms with Crippen molar-refractivity contribution in [3.63, 3.8) is 0 Å². The lowest BCUT2D eigenvalue weighted by Crippen LogP contribution is -1.97. The zero-order chi connectivity index (χ0) is 14.5. The summed E-state index contributed by atoms with van der Waals surface area (Å²) < 4.78 is 10.6. The molecule has 0 radical (unpaired) electrons. The Morgan fingerprint density at radius 3 is 2.85 bits per heavy atom. The molecule has 0 saturated carbocycles. The molecule has 0 aliphatic carbocycles. The van der Waals surface area contributed by atoms with Crippen LogP contribution in [0.5, 0.6) is 5.75 Å². The van der Waals surface area contributed by atoms with E-state index >= 15 is 0 Å². The summed E-state index contributed by atoms with van der Waals surface area (Å²) in [7, 11) is 0. The Bertz CT molecular complexity index is 643. The Hall–Kier alpha value is -2.56. The summed E-state index contributed by atoms with van der Waals surface area (Å²) in [6, 6.07) is 7.37. The monoisotopic (exact) mass is 273 g/mol. The molecule has 20 heavy (non-hydrogen) atoms. The number of carboxylic acids is 1. The van der Waals surface area contributed by atoms with Crippen molar-refractivity contribution in [2.45, 2.75) is 20.5 Å². The molecule has 0 atom stereocenters. The third kappa shape index (κ3) is 3.71. The van der Waals surface area contributed by atoms with E-state index in [1.165, 1.54) is 6.08 Å². The van der Waals surface area contributed by atoms with Gasteiger partial charge in [-0.25, -0.2) is 4.79 Å².